The highest BCUT2D eigenvalue weighted by Gasteiger charge is 2.16. The van der Waals surface area contributed by atoms with Crippen molar-refractivity contribution < 1.29 is 9.59 Å². The van der Waals surface area contributed by atoms with Crippen LogP contribution in [0.3, 0.4) is 0 Å². The van der Waals surface area contributed by atoms with Gasteiger partial charge in [-0.05, 0) is 19.1 Å². The molecule has 0 bridgehead atoms. The normalized spacial score (nSPS) is 12.1. The van der Waals surface area contributed by atoms with E-state index in [-0.39, 0.29) is 5.15 Å². The molecule has 0 aliphatic rings. The molecular formula is C13H12ClN3O2. The molecule has 0 spiro atoms. The van der Waals surface area contributed by atoms with E-state index in [1.54, 1.807) is 24.3 Å². The van der Waals surface area contributed by atoms with Crippen LogP contribution in [0.2, 0.25) is 5.15 Å². The average molecular weight is 278 g/mol. The zero-order valence-corrected chi connectivity index (χ0v) is 10.9. The van der Waals surface area contributed by atoms with Gasteiger partial charge in [-0.3, -0.25) is 9.59 Å². The van der Waals surface area contributed by atoms with E-state index in [4.69, 9.17) is 17.3 Å². The number of para-hydroxylation sites is 1. The van der Waals surface area contributed by atoms with Crippen LogP contribution in [0.5, 0.6) is 0 Å². The maximum Gasteiger partial charge on any atom is 0.252 e. The lowest BCUT2D eigenvalue weighted by molar-refractivity contribution is -0.119. The molecule has 1 aromatic heterocycles. The number of carbonyl (C=O) groups excluding carboxylic acids is 2. The number of halogens is 1. The smallest absolute Gasteiger partial charge is 0.252 e. The number of fused-ring (bicyclic) bond motifs is 1. The molecule has 98 valence electrons. The van der Waals surface area contributed by atoms with Gasteiger partial charge in [0.25, 0.3) is 5.91 Å². The quantitative estimate of drug-likeness (QED) is 0.834. The summed E-state index contributed by atoms with van der Waals surface area (Å²) in [5.41, 5.74) is 6.09. The van der Waals surface area contributed by atoms with Crippen LogP contribution in [0.4, 0.5) is 0 Å². The van der Waals surface area contributed by atoms with Crippen molar-refractivity contribution >= 4 is 34.3 Å². The molecule has 2 rings (SSSR count). The van der Waals surface area contributed by atoms with Gasteiger partial charge < -0.3 is 11.1 Å². The van der Waals surface area contributed by atoms with Gasteiger partial charge in [-0.15, -0.1) is 0 Å². The van der Waals surface area contributed by atoms with E-state index in [0.29, 0.717) is 16.5 Å². The Hall–Kier alpha value is -2.14. The molecule has 0 saturated carbocycles. The molecule has 2 aromatic rings. The number of benzene rings is 1. The zero-order chi connectivity index (χ0) is 14.0. The van der Waals surface area contributed by atoms with Crippen molar-refractivity contribution in [2.75, 3.05) is 0 Å². The van der Waals surface area contributed by atoms with Crippen molar-refractivity contribution in [3.05, 3.63) is 41.0 Å². The Kier molecular flexibility index (Phi) is 3.66. The minimum absolute atomic E-state index is 0.218. The Morgan fingerprint density at radius 1 is 1.37 bits per heavy atom. The van der Waals surface area contributed by atoms with Gasteiger partial charge in [0, 0.05) is 5.39 Å². The topological polar surface area (TPSA) is 85.1 Å². The Balaban J connectivity index is 2.44. The maximum atomic E-state index is 12.1. The summed E-state index contributed by atoms with van der Waals surface area (Å²) >= 11 is 5.88. The molecule has 0 aliphatic carbocycles. The Bertz CT molecular complexity index is 657. The van der Waals surface area contributed by atoms with Crippen molar-refractivity contribution in [3.8, 4) is 0 Å². The number of nitrogens with zero attached hydrogens (tertiary/aromatic N) is 1. The van der Waals surface area contributed by atoms with Gasteiger partial charge in [-0.25, -0.2) is 4.98 Å². The molecule has 1 unspecified atom stereocenters. The predicted molar refractivity (Wildman–Crippen MR) is 72.9 cm³/mol. The summed E-state index contributed by atoms with van der Waals surface area (Å²) < 4.78 is 0. The van der Waals surface area contributed by atoms with Gasteiger partial charge >= 0.3 is 0 Å². The molecule has 3 N–H and O–H groups in total. The van der Waals surface area contributed by atoms with Gasteiger partial charge in [0.05, 0.1) is 11.1 Å². The van der Waals surface area contributed by atoms with Crippen molar-refractivity contribution in [2.45, 2.75) is 13.0 Å². The van der Waals surface area contributed by atoms with Gasteiger partial charge in [0.15, 0.2) is 0 Å². The molecule has 0 saturated heterocycles. The van der Waals surface area contributed by atoms with E-state index in [9.17, 15) is 9.59 Å². The second kappa shape index (κ2) is 5.24. The maximum absolute atomic E-state index is 12.1. The first-order valence-corrected chi connectivity index (χ1v) is 6.02. The summed E-state index contributed by atoms with van der Waals surface area (Å²) in [6.07, 6.45) is 0. The van der Waals surface area contributed by atoms with Crippen LogP contribution >= 0.6 is 11.6 Å². The van der Waals surface area contributed by atoms with Crippen molar-refractivity contribution in [2.24, 2.45) is 5.73 Å². The first kappa shape index (κ1) is 13.3. The Morgan fingerprint density at radius 2 is 2.05 bits per heavy atom. The third-order valence-corrected chi connectivity index (χ3v) is 2.90. The van der Waals surface area contributed by atoms with Crippen LogP contribution in [-0.2, 0) is 4.79 Å². The SMILES string of the molecule is CC(NC(=O)c1cc(Cl)nc2ccccc12)C(N)=O. The summed E-state index contributed by atoms with van der Waals surface area (Å²) in [6.45, 7) is 1.52. The minimum atomic E-state index is -0.752. The van der Waals surface area contributed by atoms with Crippen LogP contribution < -0.4 is 11.1 Å². The monoisotopic (exact) mass is 277 g/mol. The molecule has 5 nitrogen and oxygen atoms in total. The zero-order valence-electron chi connectivity index (χ0n) is 10.2. The third-order valence-electron chi connectivity index (χ3n) is 2.70. The number of hydrogen-bond acceptors (Lipinski definition) is 3. The molecule has 1 heterocycles. The van der Waals surface area contributed by atoms with E-state index in [1.807, 2.05) is 0 Å². The largest absolute Gasteiger partial charge is 0.368 e. The van der Waals surface area contributed by atoms with Gasteiger partial charge in [0.2, 0.25) is 5.91 Å². The molecule has 19 heavy (non-hydrogen) atoms. The first-order valence-electron chi connectivity index (χ1n) is 5.64. The molecule has 2 amide bonds. The Labute approximate surface area is 114 Å². The van der Waals surface area contributed by atoms with Crippen LogP contribution in [0, 0.1) is 0 Å². The van der Waals surface area contributed by atoms with Crippen LogP contribution in [0.15, 0.2) is 30.3 Å². The van der Waals surface area contributed by atoms with Gasteiger partial charge in [-0.2, -0.15) is 0 Å². The number of carbonyl (C=O) groups is 2. The summed E-state index contributed by atoms with van der Waals surface area (Å²) in [4.78, 5) is 27.2. The van der Waals surface area contributed by atoms with E-state index >= 15 is 0 Å². The summed E-state index contributed by atoms with van der Waals surface area (Å²) in [5.74, 6) is -1.01. The fourth-order valence-corrected chi connectivity index (χ4v) is 1.88. The molecular weight excluding hydrogens is 266 g/mol. The van der Waals surface area contributed by atoms with Crippen LogP contribution in [0.25, 0.3) is 10.9 Å². The average Bonchev–Trinajstić information content (AvgIpc) is 2.37. The molecule has 6 heteroatoms. The molecule has 0 aliphatic heterocycles. The van der Waals surface area contributed by atoms with E-state index in [2.05, 4.69) is 10.3 Å². The van der Waals surface area contributed by atoms with E-state index in [0.717, 1.165) is 0 Å². The van der Waals surface area contributed by atoms with Crippen molar-refractivity contribution in [1.29, 1.82) is 0 Å². The number of nitrogens with one attached hydrogen (secondary N) is 1. The van der Waals surface area contributed by atoms with Crippen molar-refractivity contribution in [1.82, 2.24) is 10.3 Å². The second-order valence-electron chi connectivity index (χ2n) is 4.11. The van der Waals surface area contributed by atoms with Crippen LogP contribution in [0.1, 0.15) is 17.3 Å². The lowest BCUT2D eigenvalue weighted by atomic mass is 10.1. The number of amides is 2. The standard InChI is InChI=1S/C13H12ClN3O2/c1-7(12(15)18)16-13(19)9-6-11(14)17-10-5-3-2-4-8(9)10/h2-7H,1H3,(H2,15,18)(H,16,19). The third kappa shape index (κ3) is 2.82. The predicted octanol–water partition coefficient (Wildman–Crippen LogP) is 1.49. The summed E-state index contributed by atoms with van der Waals surface area (Å²) in [7, 11) is 0. The van der Waals surface area contributed by atoms with Crippen molar-refractivity contribution in [3.63, 3.8) is 0 Å². The fraction of sp³-hybridized carbons (Fsp3) is 0.154. The second-order valence-corrected chi connectivity index (χ2v) is 4.49. The summed E-state index contributed by atoms with van der Waals surface area (Å²) in [5, 5.41) is 3.40. The lowest BCUT2D eigenvalue weighted by Gasteiger charge is -2.11. The number of aromatic nitrogens is 1. The minimum Gasteiger partial charge on any atom is -0.368 e. The molecule has 1 aromatic carbocycles. The number of primary amides is 1. The molecule has 0 fully saturated rings. The molecule has 0 radical (unpaired) electrons. The highest BCUT2D eigenvalue weighted by Crippen LogP contribution is 2.20. The van der Waals surface area contributed by atoms with Crippen LogP contribution in [-0.4, -0.2) is 22.8 Å². The first-order chi connectivity index (χ1) is 8.99. The number of rotatable bonds is 3. The number of hydrogen-bond donors (Lipinski definition) is 2. The molecule has 1 atom stereocenters. The van der Waals surface area contributed by atoms with E-state index < -0.39 is 17.9 Å². The lowest BCUT2D eigenvalue weighted by Crippen LogP contribution is -2.42. The Morgan fingerprint density at radius 3 is 2.74 bits per heavy atom. The highest BCUT2D eigenvalue weighted by molar-refractivity contribution is 6.30. The fourth-order valence-electron chi connectivity index (χ4n) is 1.68. The van der Waals surface area contributed by atoms with Gasteiger partial charge in [-0.1, -0.05) is 29.8 Å². The highest BCUT2D eigenvalue weighted by atomic mass is 35.5. The number of pyridine rings is 1. The summed E-state index contributed by atoms with van der Waals surface area (Å²) in [6, 6.07) is 7.84. The van der Waals surface area contributed by atoms with Gasteiger partial charge in [0.1, 0.15) is 11.2 Å². The number of nitrogens with two attached hydrogens (primary N) is 1. The van der Waals surface area contributed by atoms with E-state index in [1.165, 1.54) is 13.0 Å².